The largest absolute Gasteiger partial charge is 0.326 e. The zero-order valence-electron chi connectivity index (χ0n) is 16.4. The number of nitrogens with one attached hydrogen (secondary N) is 2. The highest BCUT2D eigenvalue weighted by Gasteiger charge is 2.61. The van der Waals surface area contributed by atoms with Crippen LogP contribution in [-0.4, -0.2) is 36.9 Å². The summed E-state index contributed by atoms with van der Waals surface area (Å²) in [6, 6.07) is 13.4. The Morgan fingerprint density at radius 1 is 1.28 bits per heavy atom. The SMILES string of the molecule is CSCC[C@@H]1C[C@H](C(=O)Nc2ccc(F)cc2)[C@]2(N1)C(=O)N(C)c1ccccc12. The van der Waals surface area contributed by atoms with E-state index in [0.29, 0.717) is 12.1 Å². The number of amides is 2. The van der Waals surface area contributed by atoms with Gasteiger partial charge in [-0.15, -0.1) is 0 Å². The van der Waals surface area contributed by atoms with E-state index in [-0.39, 0.29) is 23.7 Å². The molecule has 2 heterocycles. The number of benzene rings is 2. The Morgan fingerprint density at radius 3 is 2.72 bits per heavy atom. The van der Waals surface area contributed by atoms with E-state index >= 15 is 0 Å². The first-order valence-corrected chi connectivity index (χ1v) is 11.1. The number of hydrogen-bond donors (Lipinski definition) is 2. The Morgan fingerprint density at radius 2 is 2.00 bits per heavy atom. The summed E-state index contributed by atoms with van der Waals surface area (Å²) >= 11 is 1.75. The number of anilines is 2. The number of hydrogen-bond acceptors (Lipinski definition) is 4. The maximum Gasteiger partial charge on any atom is 0.252 e. The van der Waals surface area contributed by atoms with Gasteiger partial charge in [-0.3, -0.25) is 14.9 Å². The van der Waals surface area contributed by atoms with E-state index in [1.54, 1.807) is 23.7 Å². The van der Waals surface area contributed by atoms with E-state index in [0.717, 1.165) is 23.4 Å². The van der Waals surface area contributed by atoms with E-state index < -0.39 is 11.5 Å². The predicted octanol–water partition coefficient (Wildman–Crippen LogP) is 3.37. The summed E-state index contributed by atoms with van der Waals surface area (Å²) in [5.74, 6) is -0.302. The van der Waals surface area contributed by atoms with Gasteiger partial charge < -0.3 is 10.2 Å². The molecule has 5 nitrogen and oxygen atoms in total. The highest BCUT2D eigenvalue weighted by Crippen LogP contribution is 2.49. The molecule has 2 aliphatic rings. The smallest absolute Gasteiger partial charge is 0.252 e. The molecule has 0 aliphatic carbocycles. The fourth-order valence-electron chi connectivity index (χ4n) is 4.52. The molecule has 7 heteroatoms. The summed E-state index contributed by atoms with van der Waals surface area (Å²) in [7, 11) is 1.75. The van der Waals surface area contributed by atoms with E-state index in [9.17, 15) is 14.0 Å². The van der Waals surface area contributed by atoms with Gasteiger partial charge in [0.25, 0.3) is 5.91 Å². The number of halogens is 1. The standard InChI is InChI=1S/C22H24FN3O2S/c1-26-19-6-4-3-5-17(19)22(21(26)28)18(13-16(25-22)11-12-29-2)20(27)24-15-9-7-14(23)8-10-15/h3-10,16,18,25H,11-13H2,1-2H3,(H,24,27)/t16-,18-,22+/m1/s1. The number of likely N-dealkylation sites (N-methyl/N-ethyl adjacent to an activating group) is 1. The van der Waals surface area contributed by atoms with Crippen LogP contribution in [0.15, 0.2) is 48.5 Å². The van der Waals surface area contributed by atoms with Crippen molar-refractivity contribution in [2.24, 2.45) is 5.92 Å². The minimum Gasteiger partial charge on any atom is -0.326 e. The highest BCUT2D eigenvalue weighted by molar-refractivity contribution is 7.98. The topological polar surface area (TPSA) is 61.4 Å². The highest BCUT2D eigenvalue weighted by atomic mass is 32.2. The summed E-state index contributed by atoms with van der Waals surface area (Å²) < 4.78 is 13.2. The van der Waals surface area contributed by atoms with Crippen LogP contribution in [0.25, 0.3) is 0 Å². The molecule has 0 unspecified atom stereocenters. The lowest BCUT2D eigenvalue weighted by molar-refractivity contribution is -0.131. The molecule has 0 aromatic heterocycles. The Labute approximate surface area is 174 Å². The van der Waals surface area contributed by atoms with Crippen molar-refractivity contribution in [1.29, 1.82) is 0 Å². The van der Waals surface area contributed by atoms with Gasteiger partial charge in [0, 0.05) is 30.0 Å². The molecule has 0 saturated carbocycles. The van der Waals surface area contributed by atoms with Crippen molar-refractivity contribution in [2.45, 2.75) is 24.4 Å². The lowest BCUT2D eigenvalue weighted by Crippen LogP contribution is -2.54. The first-order valence-electron chi connectivity index (χ1n) is 9.68. The van der Waals surface area contributed by atoms with Crippen LogP contribution in [0, 0.1) is 11.7 Å². The predicted molar refractivity (Wildman–Crippen MR) is 115 cm³/mol. The van der Waals surface area contributed by atoms with Gasteiger partial charge in [0.1, 0.15) is 11.4 Å². The molecule has 4 rings (SSSR count). The number of carbonyl (C=O) groups excluding carboxylic acids is 2. The van der Waals surface area contributed by atoms with Gasteiger partial charge in [0.05, 0.1) is 5.92 Å². The molecule has 2 aliphatic heterocycles. The molecule has 1 saturated heterocycles. The minimum atomic E-state index is -1.07. The summed E-state index contributed by atoms with van der Waals surface area (Å²) in [4.78, 5) is 28.4. The molecule has 152 valence electrons. The van der Waals surface area contributed by atoms with Crippen molar-refractivity contribution in [1.82, 2.24) is 5.32 Å². The zero-order chi connectivity index (χ0) is 20.6. The van der Waals surface area contributed by atoms with Crippen molar-refractivity contribution in [3.05, 3.63) is 59.9 Å². The second-order valence-electron chi connectivity index (χ2n) is 7.60. The van der Waals surface area contributed by atoms with Crippen LogP contribution in [0.5, 0.6) is 0 Å². The van der Waals surface area contributed by atoms with Gasteiger partial charge in [-0.25, -0.2) is 4.39 Å². The lowest BCUT2D eigenvalue weighted by Gasteiger charge is -2.30. The van der Waals surface area contributed by atoms with E-state index in [1.165, 1.54) is 24.3 Å². The van der Waals surface area contributed by atoms with Gasteiger partial charge in [-0.1, -0.05) is 18.2 Å². The van der Waals surface area contributed by atoms with Crippen LogP contribution in [-0.2, 0) is 15.1 Å². The van der Waals surface area contributed by atoms with Gasteiger partial charge >= 0.3 is 0 Å². The van der Waals surface area contributed by atoms with Crippen molar-refractivity contribution in [3.8, 4) is 0 Å². The first kappa shape index (κ1) is 19.9. The van der Waals surface area contributed by atoms with E-state index in [1.807, 2.05) is 30.5 Å². The molecule has 1 spiro atoms. The Kier molecular flexibility index (Phi) is 5.36. The van der Waals surface area contributed by atoms with Crippen LogP contribution in [0.2, 0.25) is 0 Å². The average molecular weight is 414 g/mol. The van der Waals surface area contributed by atoms with Gasteiger partial charge in [0.15, 0.2) is 0 Å². The third kappa shape index (κ3) is 3.32. The Balaban J connectivity index is 1.71. The molecular formula is C22H24FN3O2S. The van der Waals surface area contributed by atoms with E-state index in [4.69, 9.17) is 0 Å². The minimum absolute atomic E-state index is 0.0647. The zero-order valence-corrected chi connectivity index (χ0v) is 17.3. The molecule has 2 aromatic rings. The molecule has 2 N–H and O–H groups in total. The molecule has 29 heavy (non-hydrogen) atoms. The summed E-state index contributed by atoms with van der Waals surface area (Å²) in [6.07, 6.45) is 3.50. The van der Waals surface area contributed by atoms with Crippen molar-refractivity contribution < 1.29 is 14.0 Å². The lowest BCUT2D eigenvalue weighted by atomic mass is 9.79. The number of fused-ring (bicyclic) bond motifs is 2. The van der Waals surface area contributed by atoms with Crippen LogP contribution in [0.3, 0.4) is 0 Å². The van der Waals surface area contributed by atoms with Crippen LogP contribution >= 0.6 is 11.8 Å². The number of rotatable bonds is 5. The summed E-state index contributed by atoms with van der Waals surface area (Å²) in [5.41, 5.74) is 1.12. The Hall–Kier alpha value is -2.38. The normalized spacial score (nSPS) is 25.5. The molecule has 0 radical (unpaired) electrons. The molecule has 0 bridgehead atoms. The van der Waals surface area contributed by atoms with Crippen LogP contribution in [0.4, 0.5) is 15.8 Å². The van der Waals surface area contributed by atoms with Crippen molar-refractivity contribution >= 4 is 35.0 Å². The summed E-state index contributed by atoms with van der Waals surface area (Å²) in [5, 5.41) is 6.42. The molecular weight excluding hydrogens is 389 g/mol. The fraction of sp³-hybridized carbons (Fsp3) is 0.364. The van der Waals surface area contributed by atoms with Crippen LogP contribution < -0.4 is 15.5 Å². The summed E-state index contributed by atoms with van der Waals surface area (Å²) in [6.45, 7) is 0. The Bertz CT molecular complexity index is 936. The first-order chi connectivity index (χ1) is 14.0. The van der Waals surface area contributed by atoms with Crippen molar-refractivity contribution in [2.75, 3.05) is 29.3 Å². The maximum absolute atomic E-state index is 13.4. The monoisotopic (exact) mass is 413 g/mol. The maximum atomic E-state index is 13.4. The average Bonchev–Trinajstić information content (AvgIpc) is 3.22. The van der Waals surface area contributed by atoms with Crippen molar-refractivity contribution in [3.63, 3.8) is 0 Å². The molecule has 1 fully saturated rings. The third-order valence-electron chi connectivity index (χ3n) is 5.91. The van der Waals surface area contributed by atoms with Gasteiger partial charge in [-0.2, -0.15) is 11.8 Å². The molecule has 2 aromatic carbocycles. The molecule has 2 amide bonds. The second kappa shape index (κ2) is 7.80. The van der Waals surface area contributed by atoms with E-state index in [2.05, 4.69) is 10.6 Å². The number of para-hydroxylation sites is 1. The fourth-order valence-corrected chi connectivity index (χ4v) is 5.04. The number of thioether (sulfide) groups is 1. The number of carbonyl (C=O) groups is 2. The van der Waals surface area contributed by atoms with Gasteiger partial charge in [0.2, 0.25) is 5.91 Å². The third-order valence-corrected chi connectivity index (χ3v) is 6.55. The molecule has 3 atom stereocenters. The quantitative estimate of drug-likeness (QED) is 0.789. The van der Waals surface area contributed by atoms with Crippen LogP contribution in [0.1, 0.15) is 18.4 Å². The number of nitrogens with zero attached hydrogens (tertiary/aromatic N) is 1. The van der Waals surface area contributed by atoms with Gasteiger partial charge in [-0.05, 0) is 55.2 Å². The second-order valence-corrected chi connectivity index (χ2v) is 8.58.